The molecule has 0 unspecified atom stereocenters. The van der Waals surface area contributed by atoms with Crippen molar-refractivity contribution >= 4 is 12.6 Å². The Kier molecular flexibility index (Phi) is 3.59. The summed E-state index contributed by atoms with van der Waals surface area (Å²) < 4.78 is 50.7. The molecule has 1 aliphatic rings. The number of nitrogens with zero attached hydrogens (tertiary/aromatic N) is 1. The second-order valence-corrected chi connectivity index (χ2v) is 6.00. The molecule has 0 atom stereocenters. The molecule has 0 aliphatic carbocycles. The van der Waals surface area contributed by atoms with E-state index in [1.54, 1.807) is 27.7 Å². The van der Waals surface area contributed by atoms with Gasteiger partial charge >= 0.3 is 13.3 Å². The molecule has 7 heteroatoms. The lowest BCUT2D eigenvalue weighted by Crippen LogP contribution is -2.41. The summed E-state index contributed by atoms with van der Waals surface area (Å²) in [6.45, 7) is 7.03. The van der Waals surface area contributed by atoms with Gasteiger partial charge < -0.3 is 9.31 Å². The number of halogens is 3. The van der Waals surface area contributed by atoms with Crippen molar-refractivity contribution in [2.45, 2.75) is 45.1 Å². The lowest BCUT2D eigenvalue weighted by molar-refractivity contribution is -0.136. The molecule has 1 aromatic rings. The van der Waals surface area contributed by atoms with Crippen LogP contribution in [0.1, 0.15) is 38.8 Å². The zero-order valence-corrected chi connectivity index (χ0v) is 12.2. The minimum absolute atomic E-state index is 0.132. The van der Waals surface area contributed by atoms with Gasteiger partial charge in [0.05, 0.1) is 28.4 Å². The van der Waals surface area contributed by atoms with Gasteiger partial charge in [-0.1, -0.05) is 0 Å². The number of hydrogen-bond acceptors (Lipinski definition) is 3. The number of nitriles is 1. The third-order valence-electron chi connectivity index (χ3n) is 3.99. The van der Waals surface area contributed by atoms with Gasteiger partial charge in [-0.3, -0.25) is 0 Å². The first-order valence-corrected chi connectivity index (χ1v) is 6.45. The summed E-state index contributed by atoms with van der Waals surface area (Å²) in [5.41, 5.74) is -2.38. The number of benzene rings is 1. The van der Waals surface area contributed by atoms with Crippen molar-refractivity contribution < 1.29 is 22.5 Å². The highest BCUT2D eigenvalue weighted by Crippen LogP contribution is 2.38. The van der Waals surface area contributed by atoms with Gasteiger partial charge in [0.1, 0.15) is 0 Å². The molecule has 0 saturated carbocycles. The second kappa shape index (κ2) is 4.75. The van der Waals surface area contributed by atoms with E-state index in [0.29, 0.717) is 0 Å². The smallest absolute Gasteiger partial charge is 0.399 e. The van der Waals surface area contributed by atoms with Gasteiger partial charge in [0.15, 0.2) is 0 Å². The third-order valence-corrected chi connectivity index (χ3v) is 3.99. The molecule has 0 amide bonds. The Balaban J connectivity index is 2.52. The van der Waals surface area contributed by atoms with Crippen molar-refractivity contribution in [1.29, 1.82) is 5.26 Å². The fourth-order valence-corrected chi connectivity index (χ4v) is 2.06. The predicted octanol–water partition coefficient (Wildman–Crippen LogP) is 2.88. The Hall–Kier alpha value is -1.52. The first kappa shape index (κ1) is 15.9. The van der Waals surface area contributed by atoms with E-state index in [0.717, 1.165) is 12.1 Å². The van der Waals surface area contributed by atoms with Gasteiger partial charge in [0, 0.05) is 0 Å². The normalized spacial score (nSPS) is 20.4. The zero-order valence-electron chi connectivity index (χ0n) is 12.2. The second-order valence-electron chi connectivity index (χ2n) is 6.00. The first-order valence-electron chi connectivity index (χ1n) is 6.45. The maximum absolute atomic E-state index is 13.1. The molecule has 1 fully saturated rings. The molecule has 1 aromatic carbocycles. The summed E-state index contributed by atoms with van der Waals surface area (Å²) in [6, 6.07) is 5.03. The largest absolute Gasteiger partial charge is 0.495 e. The van der Waals surface area contributed by atoms with Crippen LogP contribution in [0.4, 0.5) is 13.2 Å². The monoisotopic (exact) mass is 297 g/mol. The number of alkyl halides is 3. The Morgan fingerprint density at radius 2 is 1.62 bits per heavy atom. The molecule has 3 nitrogen and oxygen atoms in total. The van der Waals surface area contributed by atoms with Gasteiger partial charge in [-0.2, -0.15) is 18.4 Å². The summed E-state index contributed by atoms with van der Waals surface area (Å²) in [5.74, 6) is 0. The quantitative estimate of drug-likeness (QED) is 0.749. The van der Waals surface area contributed by atoms with E-state index in [1.807, 2.05) is 6.07 Å². The maximum atomic E-state index is 13.1. The van der Waals surface area contributed by atoms with Crippen LogP contribution in [0.2, 0.25) is 0 Å². The van der Waals surface area contributed by atoms with Crippen LogP contribution >= 0.6 is 0 Å². The van der Waals surface area contributed by atoms with Crippen molar-refractivity contribution in [2.24, 2.45) is 0 Å². The van der Waals surface area contributed by atoms with Crippen LogP contribution < -0.4 is 5.46 Å². The van der Waals surface area contributed by atoms with Crippen molar-refractivity contribution in [3.8, 4) is 6.07 Å². The van der Waals surface area contributed by atoms with Gasteiger partial charge in [-0.05, 0) is 51.4 Å². The standard InChI is InChI=1S/C14H15BF3NO2/c1-12(2)13(3,4)21-15(20-12)11-7-9(8-19)5-6-10(11)14(16,17)18/h5-7H,1-4H3. The van der Waals surface area contributed by atoms with E-state index in [1.165, 1.54) is 6.07 Å². The molecular weight excluding hydrogens is 282 g/mol. The molecule has 1 saturated heterocycles. The van der Waals surface area contributed by atoms with E-state index in [2.05, 4.69) is 0 Å². The summed E-state index contributed by atoms with van der Waals surface area (Å²) >= 11 is 0. The molecule has 0 radical (unpaired) electrons. The molecule has 1 aliphatic heterocycles. The Bertz CT molecular complexity index is 589. The average Bonchev–Trinajstić information content (AvgIpc) is 2.56. The Labute approximate surface area is 121 Å². The van der Waals surface area contributed by atoms with Gasteiger partial charge in [0.2, 0.25) is 0 Å². The van der Waals surface area contributed by atoms with Gasteiger partial charge in [0.25, 0.3) is 0 Å². The van der Waals surface area contributed by atoms with E-state index in [-0.39, 0.29) is 11.0 Å². The van der Waals surface area contributed by atoms with Crippen LogP contribution in [0.25, 0.3) is 0 Å². The summed E-state index contributed by atoms with van der Waals surface area (Å²) in [7, 11) is -1.15. The summed E-state index contributed by atoms with van der Waals surface area (Å²) in [4.78, 5) is 0. The SMILES string of the molecule is CC1(C)OB(c2cc(C#N)ccc2C(F)(F)F)OC1(C)C. The van der Waals surface area contributed by atoms with Crippen LogP contribution in [-0.2, 0) is 15.5 Å². The van der Waals surface area contributed by atoms with Crippen molar-refractivity contribution in [3.63, 3.8) is 0 Å². The Morgan fingerprint density at radius 1 is 1.10 bits per heavy atom. The van der Waals surface area contributed by atoms with Crippen LogP contribution in [-0.4, -0.2) is 18.3 Å². The van der Waals surface area contributed by atoms with Crippen molar-refractivity contribution in [1.82, 2.24) is 0 Å². The van der Waals surface area contributed by atoms with Crippen molar-refractivity contribution in [3.05, 3.63) is 29.3 Å². The fourth-order valence-electron chi connectivity index (χ4n) is 2.06. The maximum Gasteiger partial charge on any atom is 0.495 e. The van der Waals surface area contributed by atoms with Gasteiger partial charge in [-0.15, -0.1) is 0 Å². The molecule has 112 valence electrons. The minimum atomic E-state index is -4.53. The van der Waals surface area contributed by atoms with Crippen LogP contribution in [0.3, 0.4) is 0 Å². The highest BCUT2D eigenvalue weighted by Gasteiger charge is 2.53. The molecule has 0 N–H and O–H groups in total. The van der Waals surface area contributed by atoms with Crippen molar-refractivity contribution in [2.75, 3.05) is 0 Å². The molecule has 1 heterocycles. The highest BCUT2D eigenvalue weighted by atomic mass is 19.4. The summed E-state index contributed by atoms with van der Waals surface area (Å²) in [5, 5.41) is 8.89. The van der Waals surface area contributed by atoms with Crippen LogP contribution in [0.5, 0.6) is 0 Å². The van der Waals surface area contributed by atoms with E-state index >= 15 is 0 Å². The Morgan fingerprint density at radius 3 is 2.05 bits per heavy atom. The van der Waals surface area contributed by atoms with Gasteiger partial charge in [-0.25, -0.2) is 0 Å². The predicted molar refractivity (Wildman–Crippen MR) is 71.9 cm³/mol. The molecule has 0 aromatic heterocycles. The lowest BCUT2D eigenvalue weighted by Gasteiger charge is -2.32. The lowest BCUT2D eigenvalue weighted by atomic mass is 9.75. The molecular formula is C14H15BF3NO2. The van der Waals surface area contributed by atoms with E-state index < -0.39 is 30.1 Å². The third kappa shape index (κ3) is 2.78. The molecule has 21 heavy (non-hydrogen) atoms. The minimum Gasteiger partial charge on any atom is -0.399 e. The average molecular weight is 297 g/mol. The van der Waals surface area contributed by atoms with Crippen LogP contribution in [0.15, 0.2) is 18.2 Å². The van der Waals surface area contributed by atoms with E-state index in [9.17, 15) is 13.2 Å². The first-order chi connectivity index (χ1) is 9.48. The van der Waals surface area contributed by atoms with Crippen LogP contribution in [0, 0.1) is 11.3 Å². The number of rotatable bonds is 1. The summed E-state index contributed by atoms with van der Waals surface area (Å²) in [6.07, 6.45) is -4.53. The highest BCUT2D eigenvalue weighted by molar-refractivity contribution is 6.62. The molecule has 0 spiro atoms. The number of hydrogen-bond donors (Lipinski definition) is 0. The zero-order chi connectivity index (χ0) is 16.1. The van der Waals surface area contributed by atoms with E-state index in [4.69, 9.17) is 14.6 Å². The fraction of sp³-hybridized carbons (Fsp3) is 0.500. The molecule has 2 rings (SSSR count). The molecule has 0 bridgehead atoms. The topological polar surface area (TPSA) is 42.2 Å².